The molecule has 0 unspecified atom stereocenters. The van der Waals surface area contributed by atoms with Gasteiger partial charge in [-0.1, -0.05) is 0 Å². The minimum atomic E-state index is -4.49. The Labute approximate surface area is 69.1 Å². The van der Waals surface area contributed by atoms with Crippen LogP contribution in [0.3, 0.4) is 0 Å². The third-order valence-electron chi connectivity index (χ3n) is 1.56. The first-order valence-electron chi connectivity index (χ1n) is 3.52. The van der Waals surface area contributed by atoms with Crippen LogP contribution < -0.4 is 5.09 Å². The molecule has 3 N–H and O–H groups in total. The van der Waals surface area contributed by atoms with Gasteiger partial charge in [0.2, 0.25) is 0 Å². The average molecular weight is 195 g/mol. The predicted octanol–water partition coefficient (Wildman–Crippen LogP) is 0.358. The van der Waals surface area contributed by atoms with Crippen LogP contribution in [0.2, 0.25) is 0 Å². The van der Waals surface area contributed by atoms with Crippen molar-refractivity contribution >= 4 is 13.8 Å². The smallest absolute Gasteiger partial charge is 0.432 e. The third kappa shape index (κ3) is 3.21. The fourth-order valence-corrected chi connectivity index (χ4v) is 1.08. The summed E-state index contributed by atoms with van der Waals surface area (Å²) in [5, 5.41) is 1.42. The summed E-state index contributed by atoms with van der Waals surface area (Å²) in [6.07, 6.45) is 1.32. The molecule has 0 aliphatic heterocycles. The lowest BCUT2D eigenvalue weighted by atomic mass is 9.96. The molecule has 12 heavy (non-hydrogen) atoms. The van der Waals surface area contributed by atoms with Crippen LogP contribution in [0.5, 0.6) is 0 Å². The van der Waals surface area contributed by atoms with E-state index in [9.17, 15) is 9.36 Å². The Bertz CT molecular complexity index is 220. The zero-order valence-electron chi connectivity index (χ0n) is 6.27. The highest BCUT2D eigenvalue weighted by Crippen LogP contribution is 2.29. The van der Waals surface area contributed by atoms with E-state index in [0.717, 1.165) is 19.3 Å². The van der Waals surface area contributed by atoms with Crippen LogP contribution in [0.15, 0.2) is 0 Å². The van der Waals surface area contributed by atoms with Gasteiger partial charge in [0, 0.05) is 0 Å². The van der Waals surface area contributed by atoms with E-state index in [4.69, 9.17) is 9.79 Å². The van der Waals surface area contributed by atoms with Gasteiger partial charge in [-0.05, 0) is 19.3 Å². The summed E-state index contributed by atoms with van der Waals surface area (Å²) in [7, 11) is -4.49. The van der Waals surface area contributed by atoms with Gasteiger partial charge in [-0.2, -0.15) is 0 Å². The van der Waals surface area contributed by atoms with Crippen molar-refractivity contribution in [1.82, 2.24) is 5.09 Å². The number of carbonyl (C=O) groups is 1. The molecule has 1 aliphatic rings. The van der Waals surface area contributed by atoms with Gasteiger partial charge in [0.25, 0.3) is 0 Å². The van der Waals surface area contributed by atoms with E-state index in [1.54, 1.807) is 0 Å². The lowest BCUT2D eigenvalue weighted by molar-refractivity contribution is 0.0552. The third-order valence-corrected chi connectivity index (χ3v) is 2.04. The number of rotatable bonds is 2. The Balaban J connectivity index is 2.24. The normalized spacial score (nSPS) is 18.2. The van der Waals surface area contributed by atoms with Crippen molar-refractivity contribution in [3.63, 3.8) is 0 Å². The van der Waals surface area contributed by atoms with E-state index in [-0.39, 0.29) is 6.10 Å². The van der Waals surface area contributed by atoms with Crippen LogP contribution >= 0.6 is 7.75 Å². The highest BCUT2D eigenvalue weighted by molar-refractivity contribution is 7.50. The van der Waals surface area contributed by atoms with Gasteiger partial charge in [0.15, 0.2) is 0 Å². The number of ether oxygens (including phenoxy) is 1. The number of carbonyl (C=O) groups excluding carboxylic acids is 1. The van der Waals surface area contributed by atoms with E-state index in [1.165, 1.54) is 5.09 Å². The molecule has 1 fully saturated rings. The summed E-state index contributed by atoms with van der Waals surface area (Å²) < 4.78 is 14.8. The summed E-state index contributed by atoms with van der Waals surface area (Å²) >= 11 is 0. The monoisotopic (exact) mass is 195 g/mol. The maximum absolute atomic E-state index is 10.6. The van der Waals surface area contributed by atoms with Crippen molar-refractivity contribution in [3.8, 4) is 0 Å². The molecular formula is C5H10NO5P. The van der Waals surface area contributed by atoms with Gasteiger partial charge in [0.05, 0.1) is 0 Å². The molecule has 6 nitrogen and oxygen atoms in total. The molecule has 0 aromatic heterocycles. The molecule has 0 bridgehead atoms. The van der Waals surface area contributed by atoms with Crippen molar-refractivity contribution in [1.29, 1.82) is 0 Å². The summed E-state index contributed by atoms with van der Waals surface area (Å²) in [6, 6.07) is 0. The Morgan fingerprint density at radius 2 is 2.08 bits per heavy atom. The summed E-state index contributed by atoms with van der Waals surface area (Å²) in [5.41, 5.74) is 0. The fourth-order valence-electron chi connectivity index (χ4n) is 0.785. The molecule has 0 spiro atoms. The number of nitrogens with one attached hydrogen (secondary N) is 1. The van der Waals surface area contributed by atoms with Gasteiger partial charge in [-0.15, -0.1) is 0 Å². The van der Waals surface area contributed by atoms with Crippen LogP contribution in [0, 0.1) is 0 Å². The lowest BCUT2D eigenvalue weighted by Gasteiger charge is -2.25. The molecule has 70 valence electrons. The topological polar surface area (TPSA) is 95.9 Å². The van der Waals surface area contributed by atoms with E-state index < -0.39 is 13.8 Å². The second-order valence-corrected chi connectivity index (χ2v) is 3.93. The first-order valence-corrected chi connectivity index (χ1v) is 5.13. The lowest BCUT2D eigenvalue weighted by Crippen LogP contribution is -2.30. The molecule has 7 heteroatoms. The van der Waals surface area contributed by atoms with Crippen LogP contribution in [0.4, 0.5) is 4.79 Å². The molecule has 0 heterocycles. The SMILES string of the molecule is O=C(NP(=O)(O)O)OC1CCC1. The molecule has 1 amide bonds. The van der Waals surface area contributed by atoms with Crippen LogP contribution in [-0.2, 0) is 9.30 Å². The minimum absolute atomic E-state index is 0.170. The van der Waals surface area contributed by atoms with Gasteiger partial charge < -0.3 is 14.5 Å². The van der Waals surface area contributed by atoms with Crippen molar-refractivity contribution in [2.45, 2.75) is 25.4 Å². The Morgan fingerprint density at radius 3 is 2.42 bits per heavy atom. The van der Waals surface area contributed by atoms with Gasteiger partial charge in [-0.25, -0.2) is 14.4 Å². The van der Waals surface area contributed by atoms with Crippen LogP contribution in [0.25, 0.3) is 0 Å². The van der Waals surface area contributed by atoms with Gasteiger partial charge in [0.1, 0.15) is 6.10 Å². The fraction of sp³-hybridized carbons (Fsp3) is 0.800. The van der Waals surface area contributed by atoms with E-state index in [1.807, 2.05) is 0 Å². The first kappa shape index (κ1) is 9.51. The van der Waals surface area contributed by atoms with Crippen molar-refractivity contribution < 1.29 is 23.9 Å². The molecule has 0 saturated heterocycles. The quantitative estimate of drug-likeness (QED) is 0.552. The number of hydrogen-bond donors (Lipinski definition) is 3. The van der Waals surface area contributed by atoms with Crippen LogP contribution in [-0.4, -0.2) is 22.0 Å². The predicted molar refractivity (Wildman–Crippen MR) is 39.3 cm³/mol. The zero-order chi connectivity index (χ0) is 9.19. The highest BCUT2D eigenvalue weighted by atomic mass is 31.2. The van der Waals surface area contributed by atoms with Crippen molar-refractivity contribution in [3.05, 3.63) is 0 Å². The summed E-state index contributed by atoms with van der Waals surface area (Å²) in [4.78, 5) is 27.2. The second-order valence-electron chi connectivity index (χ2n) is 2.61. The molecule has 1 rings (SSSR count). The van der Waals surface area contributed by atoms with E-state index in [0.29, 0.717) is 0 Å². The Kier molecular flexibility index (Phi) is 2.72. The maximum atomic E-state index is 10.6. The zero-order valence-corrected chi connectivity index (χ0v) is 7.16. The molecule has 0 radical (unpaired) electrons. The van der Waals surface area contributed by atoms with Crippen LogP contribution in [0.1, 0.15) is 19.3 Å². The molecule has 0 aromatic carbocycles. The standard InChI is InChI=1S/C5H10NO5P/c7-5(6-12(8,9)10)11-4-2-1-3-4/h4H,1-3H2,(H3,6,7,8,9,10). The van der Waals surface area contributed by atoms with E-state index >= 15 is 0 Å². The number of amides is 1. The molecule has 0 atom stereocenters. The van der Waals surface area contributed by atoms with Crippen molar-refractivity contribution in [2.75, 3.05) is 0 Å². The molecule has 1 aliphatic carbocycles. The average Bonchev–Trinajstić information content (AvgIpc) is 1.74. The molecule has 1 saturated carbocycles. The first-order chi connectivity index (χ1) is 5.47. The maximum Gasteiger partial charge on any atom is 0.432 e. The largest absolute Gasteiger partial charge is 0.446 e. The van der Waals surface area contributed by atoms with Crippen molar-refractivity contribution in [2.24, 2.45) is 0 Å². The summed E-state index contributed by atoms with van der Waals surface area (Å²) in [6.45, 7) is 0. The summed E-state index contributed by atoms with van der Waals surface area (Å²) in [5.74, 6) is 0. The van der Waals surface area contributed by atoms with Gasteiger partial charge >= 0.3 is 13.8 Å². The van der Waals surface area contributed by atoms with E-state index in [2.05, 4.69) is 4.74 Å². The Hall–Kier alpha value is -0.580. The van der Waals surface area contributed by atoms with Gasteiger partial charge in [-0.3, -0.25) is 0 Å². The molecule has 0 aromatic rings. The molecular weight excluding hydrogens is 185 g/mol. The highest BCUT2D eigenvalue weighted by Gasteiger charge is 2.25. The minimum Gasteiger partial charge on any atom is -0.446 e. The number of hydrogen-bond acceptors (Lipinski definition) is 3. The Morgan fingerprint density at radius 1 is 1.50 bits per heavy atom. The second kappa shape index (κ2) is 3.43.